The lowest BCUT2D eigenvalue weighted by molar-refractivity contribution is -0.116. The SMILES string of the molecule is CCCOc1cccc(NC(=O)CNc2cc(NC(=O)CCC)ccc2Cl)c1. The number of carbonyl (C=O) groups excluding carboxylic acids is 2. The second-order valence-electron chi connectivity index (χ2n) is 6.27. The van der Waals surface area contributed by atoms with Gasteiger partial charge in [0, 0.05) is 23.9 Å². The third-order valence-corrected chi connectivity index (χ3v) is 4.09. The second kappa shape index (κ2) is 11.2. The highest BCUT2D eigenvalue weighted by atomic mass is 35.5. The van der Waals surface area contributed by atoms with E-state index in [0.29, 0.717) is 40.9 Å². The molecule has 0 fully saturated rings. The molecule has 2 aromatic carbocycles. The number of ether oxygens (including phenoxy) is 1. The van der Waals surface area contributed by atoms with Gasteiger partial charge in [0.15, 0.2) is 0 Å². The van der Waals surface area contributed by atoms with Crippen LogP contribution < -0.4 is 20.7 Å². The van der Waals surface area contributed by atoms with E-state index >= 15 is 0 Å². The summed E-state index contributed by atoms with van der Waals surface area (Å²) in [7, 11) is 0. The van der Waals surface area contributed by atoms with Gasteiger partial charge in [0.05, 0.1) is 23.9 Å². The Morgan fingerprint density at radius 1 is 0.964 bits per heavy atom. The molecular weight excluding hydrogens is 378 g/mol. The summed E-state index contributed by atoms with van der Waals surface area (Å²) in [4.78, 5) is 24.0. The van der Waals surface area contributed by atoms with Gasteiger partial charge in [-0.05, 0) is 43.2 Å². The molecule has 3 N–H and O–H groups in total. The Labute approximate surface area is 170 Å². The highest BCUT2D eigenvalue weighted by Crippen LogP contribution is 2.25. The van der Waals surface area contributed by atoms with Crippen molar-refractivity contribution in [2.45, 2.75) is 33.1 Å². The van der Waals surface area contributed by atoms with E-state index in [9.17, 15) is 9.59 Å². The van der Waals surface area contributed by atoms with Crippen LogP contribution in [0.2, 0.25) is 5.02 Å². The van der Waals surface area contributed by atoms with Crippen LogP contribution in [-0.4, -0.2) is 25.0 Å². The molecule has 0 aliphatic heterocycles. The molecule has 0 aliphatic carbocycles. The predicted molar refractivity (Wildman–Crippen MR) is 114 cm³/mol. The molecule has 0 saturated carbocycles. The van der Waals surface area contributed by atoms with Crippen molar-refractivity contribution in [1.29, 1.82) is 0 Å². The fraction of sp³-hybridized carbons (Fsp3) is 0.333. The molecule has 2 aromatic rings. The maximum Gasteiger partial charge on any atom is 0.243 e. The Morgan fingerprint density at radius 2 is 1.71 bits per heavy atom. The molecule has 0 radical (unpaired) electrons. The number of hydrogen-bond acceptors (Lipinski definition) is 4. The topological polar surface area (TPSA) is 79.5 Å². The Hall–Kier alpha value is -2.73. The molecule has 6 nitrogen and oxygen atoms in total. The summed E-state index contributed by atoms with van der Waals surface area (Å²) in [5.41, 5.74) is 1.87. The van der Waals surface area contributed by atoms with Gasteiger partial charge in [-0.15, -0.1) is 0 Å². The molecule has 0 atom stereocenters. The first-order chi connectivity index (χ1) is 13.5. The van der Waals surface area contributed by atoms with Gasteiger partial charge in [0.25, 0.3) is 0 Å². The van der Waals surface area contributed by atoms with Crippen LogP contribution in [0.3, 0.4) is 0 Å². The Balaban J connectivity index is 1.92. The quantitative estimate of drug-likeness (QED) is 0.526. The minimum Gasteiger partial charge on any atom is -0.494 e. The number of amides is 2. The average Bonchev–Trinajstić information content (AvgIpc) is 2.67. The van der Waals surface area contributed by atoms with Crippen LogP contribution in [0.15, 0.2) is 42.5 Å². The Morgan fingerprint density at radius 3 is 2.46 bits per heavy atom. The fourth-order valence-corrected chi connectivity index (χ4v) is 2.64. The van der Waals surface area contributed by atoms with Crippen LogP contribution in [0, 0.1) is 0 Å². The molecule has 0 heterocycles. The maximum atomic E-state index is 12.2. The Bertz CT molecular complexity index is 811. The number of halogens is 1. The molecule has 0 spiro atoms. The monoisotopic (exact) mass is 403 g/mol. The van der Waals surface area contributed by atoms with E-state index in [-0.39, 0.29) is 18.4 Å². The van der Waals surface area contributed by atoms with Crippen LogP contribution in [-0.2, 0) is 9.59 Å². The molecule has 2 amide bonds. The van der Waals surface area contributed by atoms with Gasteiger partial charge < -0.3 is 20.7 Å². The molecule has 150 valence electrons. The van der Waals surface area contributed by atoms with E-state index < -0.39 is 0 Å². The zero-order valence-corrected chi connectivity index (χ0v) is 16.9. The van der Waals surface area contributed by atoms with E-state index in [1.807, 2.05) is 26.0 Å². The Kier molecular flexibility index (Phi) is 8.62. The first-order valence-corrected chi connectivity index (χ1v) is 9.75. The summed E-state index contributed by atoms with van der Waals surface area (Å²) in [6.07, 6.45) is 2.14. The molecule has 28 heavy (non-hydrogen) atoms. The summed E-state index contributed by atoms with van der Waals surface area (Å²) in [6, 6.07) is 12.4. The van der Waals surface area contributed by atoms with Gasteiger partial charge in [-0.1, -0.05) is 31.5 Å². The fourth-order valence-electron chi connectivity index (χ4n) is 2.45. The number of carbonyl (C=O) groups is 2. The van der Waals surface area contributed by atoms with E-state index in [1.54, 1.807) is 30.3 Å². The third-order valence-electron chi connectivity index (χ3n) is 3.76. The largest absolute Gasteiger partial charge is 0.494 e. The predicted octanol–water partition coefficient (Wildman–Crippen LogP) is 4.92. The van der Waals surface area contributed by atoms with E-state index in [2.05, 4.69) is 16.0 Å². The van der Waals surface area contributed by atoms with Crippen LogP contribution >= 0.6 is 11.6 Å². The molecule has 0 bridgehead atoms. The van der Waals surface area contributed by atoms with Gasteiger partial charge in [-0.3, -0.25) is 9.59 Å². The zero-order chi connectivity index (χ0) is 20.4. The second-order valence-corrected chi connectivity index (χ2v) is 6.68. The number of hydrogen-bond donors (Lipinski definition) is 3. The van der Waals surface area contributed by atoms with Crippen molar-refractivity contribution >= 4 is 40.5 Å². The van der Waals surface area contributed by atoms with Crippen molar-refractivity contribution in [2.24, 2.45) is 0 Å². The average molecular weight is 404 g/mol. The van der Waals surface area contributed by atoms with Crippen molar-refractivity contribution < 1.29 is 14.3 Å². The van der Waals surface area contributed by atoms with E-state index in [4.69, 9.17) is 16.3 Å². The van der Waals surface area contributed by atoms with Crippen LogP contribution in [0.4, 0.5) is 17.1 Å². The van der Waals surface area contributed by atoms with Gasteiger partial charge in [-0.2, -0.15) is 0 Å². The van der Waals surface area contributed by atoms with Gasteiger partial charge in [0.1, 0.15) is 5.75 Å². The first-order valence-electron chi connectivity index (χ1n) is 9.37. The molecule has 2 rings (SSSR count). The third kappa shape index (κ3) is 7.12. The van der Waals surface area contributed by atoms with Crippen molar-refractivity contribution in [3.8, 4) is 5.75 Å². The smallest absolute Gasteiger partial charge is 0.243 e. The van der Waals surface area contributed by atoms with Gasteiger partial charge >= 0.3 is 0 Å². The molecule has 0 saturated heterocycles. The van der Waals surface area contributed by atoms with E-state index in [0.717, 1.165) is 12.8 Å². The normalized spacial score (nSPS) is 10.2. The van der Waals surface area contributed by atoms with Crippen molar-refractivity contribution in [1.82, 2.24) is 0 Å². The summed E-state index contributed by atoms with van der Waals surface area (Å²) in [5, 5.41) is 9.10. The molecule has 7 heteroatoms. The summed E-state index contributed by atoms with van der Waals surface area (Å²) in [5.74, 6) is 0.439. The van der Waals surface area contributed by atoms with Crippen LogP contribution in [0.25, 0.3) is 0 Å². The molecule has 0 aliphatic rings. The maximum absolute atomic E-state index is 12.2. The summed E-state index contributed by atoms with van der Waals surface area (Å²) >= 11 is 6.18. The number of anilines is 3. The number of rotatable bonds is 10. The van der Waals surface area contributed by atoms with Gasteiger partial charge in [-0.25, -0.2) is 0 Å². The molecule has 0 unspecified atom stereocenters. The lowest BCUT2D eigenvalue weighted by Crippen LogP contribution is -2.22. The van der Waals surface area contributed by atoms with Crippen molar-refractivity contribution in [3.63, 3.8) is 0 Å². The standard InChI is InChI=1S/C21H26ClN3O3/c1-3-6-20(26)24-16-9-10-18(22)19(13-16)23-14-21(27)25-15-7-5-8-17(12-15)28-11-4-2/h5,7-10,12-13,23H,3-4,6,11,14H2,1-2H3,(H,24,26)(H,25,27). The van der Waals surface area contributed by atoms with Crippen molar-refractivity contribution in [3.05, 3.63) is 47.5 Å². The highest BCUT2D eigenvalue weighted by Gasteiger charge is 2.08. The highest BCUT2D eigenvalue weighted by molar-refractivity contribution is 6.33. The lowest BCUT2D eigenvalue weighted by Gasteiger charge is -2.12. The first kappa shape index (κ1) is 21.6. The summed E-state index contributed by atoms with van der Waals surface area (Å²) < 4.78 is 5.57. The number of nitrogens with one attached hydrogen (secondary N) is 3. The van der Waals surface area contributed by atoms with Crippen molar-refractivity contribution in [2.75, 3.05) is 29.1 Å². The minimum absolute atomic E-state index is 0.0339. The summed E-state index contributed by atoms with van der Waals surface area (Å²) in [6.45, 7) is 4.64. The minimum atomic E-state index is -0.218. The molecular formula is C21H26ClN3O3. The van der Waals surface area contributed by atoms with Crippen LogP contribution in [0.5, 0.6) is 5.75 Å². The molecule has 0 aromatic heterocycles. The zero-order valence-electron chi connectivity index (χ0n) is 16.2. The van der Waals surface area contributed by atoms with Gasteiger partial charge in [0.2, 0.25) is 11.8 Å². The number of benzene rings is 2. The van der Waals surface area contributed by atoms with Crippen LogP contribution in [0.1, 0.15) is 33.1 Å². The lowest BCUT2D eigenvalue weighted by atomic mass is 10.2. The van der Waals surface area contributed by atoms with E-state index in [1.165, 1.54) is 0 Å².